The minimum absolute atomic E-state index is 0.0620. The van der Waals surface area contributed by atoms with Crippen LogP contribution in [0.4, 0.5) is 14.6 Å². The highest BCUT2D eigenvalue weighted by Crippen LogP contribution is 2.44. The van der Waals surface area contributed by atoms with Crippen molar-refractivity contribution in [3.63, 3.8) is 0 Å². The fourth-order valence-electron chi connectivity index (χ4n) is 8.59. The van der Waals surface area contributed by atoms with Crippen LogP contribution in [-0.4, -0.2) is 77.6 Å². The SMILES string of the molecule is C=c1cccc(CC)/c1=C(/C)c1cc2c3c(nc(OC[C@]45CCCN4C[C@@H](F)C5)nc3c1F)N1CC3CCC(N3)[C@H]1CO2. The van der Waals surface area contributed by atoms with Gasteiger partial charge in [-0.15, -0.1) is 0 Å². The molecule has 0 saturated carbocycles. The van der Waals surface area contributed by atoms with Crippen molar-refractivity contribution in [1.82, 2.24) is 20.2 Å². The fourth-order valence-corrected chi connectivity index (χ4v) is 8.59. The lowest BCUT2D eigenvalue weighted by molar-refractivity contribution is 0.107. The summed E-state index contributed by atoms with van der Waals surface area (Å²) in [5, 5.41) is 6.15. The van der Waals surface area contributed by atoms with Crippen LogP contribution in [-0.2, 0) is 6.42 Å². The zero-order chi connectivity index (χ0) is 29.5. The molecule has 226 valence electrons. The minimum Gasteiger partial charge on any atom is -0.491 e. The van der Waals surface area contributed by atoms with Crippen molar-refractivity contribution in [1.29, 1.82) is 0 Å². The number of alkyl halides is 1. The average Bonchev–Trinajstić information content (AvgIpc) is 3.63. The van der Waals surface area contributed by atoms with Gasteiger partial charge in [-0.25, -0.2) is 8.78 Å². The molecule has 7 nitrogen and oxygen atoms in total. The van der Waals surface area contributed by atoms with Crippen LogP contribution in [0.1, 0.15) is 57.1 Å². The smallest absolute Gasteiger partial charge is 0.319 e. The molecule has 2 unspecified atom stereocenters. The number of aryl methyl sites for hydroxylation is 1. The Bertz CT molecular complexity index is 1730. The van der Waals surface area contributed by atoms with Crippen LogP contribution < -0.4 is 30.1 Å². The van der Waals surface area contributed by atoms with E-state index >= 15 is 4.39 Å². The van der Waals surface area contributed by atoms with Gasteiger partial charge < -0.3 is 19.7 Å². The van der Waals surface area contributed by atoms with E-state index in [1.54, 1.807) is 0 Å². The lowest BCUT2D eigenvalue weighted by atomic mass is 9.95. The van der Waals surface area contributed by atoms with E-state index in [9.17, 15) is 4.39 Å². The minimum atomic E-state index is -0.856. The molecule has 2 bridgehead atoms. The summed E-state index contributed by atoms with van der Waals surface area (Å²) in [7, 11) is 0. The third kappa shape index (κ3) is 4.25. The number of nitrogens with one attached hydrogen (secondary N) is 1. The Labute approximate surface area is 250 Å². The number of hydrogen-bond acceptors (Lipinski definition) is 7. The van der Waals surface area contributed by atoms with Gasteiger partial charge in [-0.1, -0.05) is 31.7 Å². The number of aromatic nitrogens is 2. The van der Waals surface area contributed by atoms with Gasteiger partial charge in [-0.3, -0.25) is 4.90 Å². The summed E-state index contributed by atoms with van der Waals surface area (Å²) in [6, 6.07) is 8.68. The number of nitrogens with zero attached hydrogens (tertiary/aromatic N) is 4. The number of benzene rings is 2. The summed E-state index contributed by atoms with van der Waals surface area (Å²) in [4.78, 5) is 14.2. The van der Waals surface area contributed by atoms with Gasteiger partial charge in [0, 0.05) is 37.2 Å². The Morgan fingerprint density at radius 2 is 2.14 bits per heavy atom. The Hall–Kier alpha value is -3.30. The van der Waals surface area contributed by atoms with E-state index in [2.05, 4.69) is 34.7 Å². The molecular weight excluding hydrogens is 548 g/mol. The Balaban J connectivity index is 1.30. The number of hydrogen-bond donors (Lipinski definition) is 1. The van der Waals surface area contributed by atoms with E-state index in [1.165, 1.54) is 0 Å². The second-order valence-corrected chi connectivity index (χ2v) is 13.2. The monoisotopic (exact) mass is 587 g/mol. The van der Waals surface area contributed by atoms with Crippen LogP contribution in [0.2, 0.25) is 0 Å². The quantitative estimate of drug-likeness (QED) is 0.490. The summed E-state index contributed by atoms with van der Waals surface area (Å²) in [5.41, 5.74) is 2.21. The van der Waals surface area contributed by atoms with Crippen molar-refractivity contribution in [3.8, 4) is 11.8 Å². The van der Waals surface area contributed by atoms with Crippen molar-refractivity contribution >= 4 is 28.9 Å². The molecule has 0 aliphatic carbocycles. The molecule has 0 amide bonds. The molecular formula is C34H39F2N5O2. The molecule has 5 aliphatic heterocycles. The Kier molecular flexibility index (Phi) is 6.42. The summed E-state index contributed by atoms with van der Waals surface area (Å²) in [6.07, 6.45) is 4.47. The molecule has 43 heavy (non-hydrogen) atoms. The topological polar surface area (TPSA) is 62.8 Å². The summed E-state index contributed by atoms with van der Waals surface area (Å²) >= 11 is 0. The van der Waals surface area contributed by atoms with Crippen molar-refractivity contribution in [2.45, 2.75) is 82.2 Å². The molecule has 2 aromatic carbocycles. The molecule has 0 spiro atoms. The first-order chi connectivity index (χ1) is 20.8. The molecule has 4 fully saturated rings. The Morgan fingerprint density at radius 3 is 3.00 bits per heavy atom. The lowest BCUT2D eigenvalue weighted by Crippen LogP contribution is -2.60. The van der Waals surface area contributed by atoms with Gasteiger partial charge in [-0.2, -0.15) is 9.97 Å². The molecule has 4 saturated heterocycles. The van der Waals surface area contributed by atoms with Crippen LogP contribution in [0, 0.1) is 5.82 Å². The van der Waals surface area contributed by atoms with Gasteiger partial charge in [0.15, 0.2) is 5.82 Å². The van der Waals surface area contributed by atoms with Crippen molar-refractivity contribution in [2.24, 2.45) is 0 Å². The van der Waals surface area contributed by atoms with E-state index in [1.807, 2.05) is 25.1 Å². The van der Waals surface area contributed by atoms with E-state index in [4.69, 9.17) is 19.4 Å². The standard InChI is InChI=1S/C34H39F2N5O2/c1-4-21-8-5-7-19(2)28(21)20(3)24-13-27-29-31(30(24)36)38-33(43-18-34-11-6-12-40(34)15-22(35)14-34)39-32(29)41-16-23-9-10-25(37-23)26(41)17-42-27/h5,7-8,13,22-23,25-26,37H,2,4,6,9-12,14-18H2,1,3H3/b28-20-/t22-,23?,25?,26+,34+/m0/s1. The second kappa shape index (κ2) is 10.1. The Morgan fingerprint density at radius 1 is 1.26 bits per heavy atom. The van der Waals surface area contributed by atoms with E-state index in [0.29, 0.717) is 54.7 Å². The molecule has 1 N–H and O–H groups in total. The fraction of sp³-hybridized carbons (Fsp3) is 0.529. The van der Waals surface area contributed by atoms with Gasteiger partial charge in [0.2, 0.25) is 0 Å². The zero-order valence-corrected chi connectivity index (χ0v) is 25.0. The predicted molar refractivity (Wildman–Crippen MR) is 163 cm³/mol. The van der Waals surface area contributed by atoms with Crippen LogP contribution >= 0.6 is 0 Å². The van der Waals surface area contributed by atoms with E-state index in [-0.39, 0.29) is 29.1 Å². The number of rotatable bonds is 5. The summed E-state index contributed by atoms with van der Waals surface area (Å²) in [6.45, 7) is 11.2. The van der Waals surface area contributed by atoms with Gasteiger partial charge in [0.1, 0.15) is 36.5 Å². The highest BCUT2D eigenvalue weighted by atomic mass is 19.1. The van der Waals surface area contributed by atoms with Gasteiger partial charge in [0.25, 0.3) is 0 Å². The van der Waals surface area contributed by atoms with E-state index in [0.717, 1.165) is 66.8 Å². The molecule has 6 heterocycles. The molecule has 5 aliphatic rings. The van der Waals surface area contributed by atoms with Crippen molar-refractivity contribution < 1.29 is 18.3 Å². The predicted octanol–water partition coefficient (Wildman–Crippen LogP) is 3.62. The molecule has 5 atom stereocenters. The number of fused-ring (bicyclic) bond motifs is 6. The largest absolute Gasteiger partial charge is 0.491 e. The van der Waals surface area contributed by atoms with Crippen LogP contribution in [0.3, 0.4) is 0 Å². The maximum absolute atomic E-state index is 16.9. The zero-order valence-electron chi connectivity index (χ0n) is 25.0. The van der Waals surface area contributed by atoms with E-state index < -0.39 is 12.0 Å². The van der Waals surface area contributed by atoms with Gasteiger partial charge >= 0.3 is 6.01 Å². The maximum Gasteiger partial charge on any atom is 0.319 e. The first-order valence-electron chi connectivity index (χ1n) is 15.8. The normalized spacial score (nSPS) is 30.2. The summed E-state index contributed by atoms with van der Waals surface area (Å²) in [5.74, 6) is 0.843. The average molecular weight is 588 g/mol. The molecule has 1 aromatic heterocycles. The molecule has 3 aromatic rings. The molecule has 0 radical (unpaired) electrons. The van der Waals surface area contributed by atoms with Crippen molar-refractivity contribution in [3.05, 3.63) is 51.6 Å². The number of piperazine rings is 1. The van der Waals surface area contributed by atoms with Crippen LogP contribution in [0.25, 0.3) is 23.1 Å². The maximum atomic E-state index is 16.9. The highest BCUT2D eigenvalue weighted by Gasteiger charge is 2.50. The van der Waals surface area contributed by atoms with Crippen LogP contribution in [0.5, 0.6) is 11.8 Å². The van der Waals surface area contributed by atoms with Gasteiger partial charge in [0.05, 0.1) is 17.0 Å². The number of anilines is 1. The highest BCUT2D eigenvalue weighted by molar-refractivity contribution is 5.98. The third-order valence-corrected chi connectivity index (χ3v) is 10.7. The number of ether oxygens (including phenoxy) is 2. The molecule has 9 heteroatoms. The van der Waals surface area contributed by atoms with Crippen molar-refractivity contribution in [2.75, 3.05) is 37.7 Å². The van der Waals surface area contributed by atoms with Gasteiger partial charge in [-0.05, 0) is 73.2 Å². The first-order valence-corrected chi connectivity index (χ1v) is 15.8. The second-order valence-electron chi connectivity index (χ2n) is 13.2. The van der Waals surface area contributed by atoms with Crippen LogP contribution in [0.15, 0.2) is 24.3 Å². The third-order valence-electron chi connectivity index (χ3n) is 10.7. The molecule has 8 rings (SSSR count). The summed E-state index contributed by atoms with van der Waals surface area (Å²) < 4.78 is 44.2. The lowest BCUT2D eigenvalue weighted by Gasteiger charge is -2.40. The first kappa shape index (κ1) is 27.3. The number of halogens is 2.